The summed E-state index contributed by atoms with van der Waals surface area (Å²) in [4.78, 5) is 14.7. The molecular weight excluding hydrogens is 288 g/mol. The number of hydrogen-bond donors (Lipinski definition) is 1. The second-order valence-corrected chi connectivity index (χ2v) is 6.06. The third-order valence-electron chi connectivity index (χ3n) is 4.29. The molecule has 0 radical (unpaired) electrons. The fourth-order valence-electron chi connectivity index (χ4n) is 3.13. The first-order valence-corrected chi connectivity index (χ1v) is 7.87. The zero-order chi connectivity index (χ0) is 16.4. The van der Waals surface area contributed by atoms with Crippen LogP contribution in [-0.2, 0) is 11.2 Å². The van der Waals surface area contributed by atoms with Crippen LogP contribution < -0.4 is 15.0 Å². The van der Waals surface area contributed by atoms with Gasteiger partial charge in [-0.1, -0.05) is 24.3 Å². The number of anilines is 2. The summed E-state index contributed by atoms with van der Waals surface area (Å²) in [7, 11) is 1.61. The summed E-state index contributed by atoms with van der Waals surface area (Å²) < 4.78 is 5.32. The minimum Gasteiger partial charge on any atom is -0.495 e. The van der Waals surface area contributed by atoms with Crippen LogP contribution in [0.3, 0.4) is 0 Å². The van der Waals surface area contributed by atoms with Crippen molar-refractivity contribution in [2.75, 3.05) is 23.9 Å². The van der Waals surface area contributed by atoms with Gasteiger partial charge in [-0.25, -0.2) is 0 Å². The van der Waals surface area contributed by atoms with Gasteiger partial charge in [-0.3, -0.25) is 4.79 Å². The Kier molecular flexibility index (Phi) is 4.24. The number of ether oxygens (including phenoxy) is 1. The minimum atomic E-state index is -0.0301. The molecule has 0 aliphatic carbocycles. The Morgan fingerprint density at radius 2 is 2.09 bits per heavy atom. The van der Waals surface area contributed by atoms with Crippen molar-refractivity contribution in [1.82, 2.24) is 0 Å². The van der Waals surface area contributed by atoms with Gasteiger partial charge in [0.1, 0.15) is 5.75 Å². The van der Waals surface area contributed by atoms with Crippen molar-refractivity contribution in [2.45, 2.75) is 26.3 Å². The number of nitrogens with one attached hydrogen (secondary N) is 1. The van der Waals surface area contributed by atoms with Crippen LogP contribution >= 0.6 is 0 Å². The highest BCUT2D eigenvalue weighted by Gasteiger charge is 2.27. The fourth-order valence-corrected chi connectivity index (χ4v) is 3.13. The van der Waals surface area contributed by atoms with Crippen LogP contribution in [-0.4, -0.2) is 25.6 Å². The molecule has 0 spiro atoms. The maximum atomic E-state index is 12.5. The third kappa shape index (κ3) is 3.16. The Labute approximate surface area is 137 Å². The molecule has 2 aromatic rings. The molecular formula is C19H22N2O2. The van der Waals surface area contributed by atoms with E-state index in [0.717, 1.165) is 23.4 Å². The summed E-state index contributed by atoms with van der Waals surface area (Å²) in [5.74, 6) is 0.649. The Morgan fingerprint density at radius 1 is 1.30 bits per heavy atom. The molecule has 120 valence electrons. The molecule has 0 aromatic heterocycles. The van der Waals surface area contributed by atoms with E-state index in [1.807, 2.05) is 37.3 Å². The molecule has 4 heteroatoms. The molecule has 1 atom stereocenters. The third-order valence-corrected chi connectivity index (χ3v) is 4.29. The van der Waals surface area contributed by atoms with Gasteiger partial charge in [0.25, 0.3) is 0 Å². The number of hydrogen-bond acceptors (Lipinski definition) is 3. The highest BCUT2D eigenvalue weighted by atomic mass is 16.5. The molecule has 1 unspecified atom stereocenters. The van der Waals surface area contributed by atoms with E-state index in [1.165, 1.54) is 5.56 Å². The van der Waals surface area contributed by atoms with Gasteiger partial charge in [0.2, 0.25) is 5.91 Å². The molecule has 1 amide bonds. The predicted molar refractivity (Wildman–Crippen MR) is 93.3 cm³/mol. The fraction of sp³-hybridized carbons (Fsp3) is 0.316. The summed E-state index contributed by atoms with van der Waals surface area (Å²) in [5, 5.41) is 2.97. The molecule has 0 fully saturated rings. The Balaban J connectivity index is 1.74. The summed E-state index contributed by atoms with van der Waals surface area (Å²) in [6.07, 6.45) is 0.983. The van der Waals surface area contributed by atoms with E-state index >= 15 is 0 Å². The number of para-hydroxylation sites is 1. The van der Waals surface area contributed by atoms with E-state index in [1.54, 1.807) is 7.11 Å². The average Bonchev–Trinajstić information content (AvgIpc) is 2.83. The van der Waals surface area contributed by atoms with Crippen LogP contribution in [0.5, 0.6) is 5.75 Å². The first-order valence-electron chi connectivity index (χ1n) is 7.87. The number of carbonyl (C=O) groups is 1. The van der Waals surface area contributed by atoms with E-state index in [0.29, 0.717) is 18.3 Å². The molecule has 1 N–H and O–H groups in total. The maximum Gasteiger partial charge on any atom is 0.244 e. The number of aryl methyl sites for hydroxylation is 1. The van der Waals surface area contributed by atoms with Crippen molar-refractivity contribution in [2.24, 2.45) is 0 Å². The summed E-state index contributed by atoms with van der Waals surface area (Å²) >= 11 is 0. The maximum absolute atomic E-state index is 12.5. The van der Waals surface area contributed by atoms with Gasteiger partial charge in [-0.2, -0.15) is 0 Å². The number of rotatable bonds is 4. The first-order chi connectivity index (χ1) is 11.1. The molecule has 3 rings (SSSR count). The lowest BCUT2D eigenvalue weighted by Crippen LogP contribution is -2.37. The van der Waals surface area contributed by atoms with Crippen LogP contribution in [0.1, 0.15) is 18.1 Å². The average molecular weight is 310 g/mol. The second-order valence-electron chi connectivity index (χ2n) is 6.06. The van der Waals surface area contributed by atoms with E-state index in [-0.39, 0.29) is 5.91 Å². The quantitative estimate of drug-likeness (QED) is 0.941. The molecule has 1 heterocycles. The molecule has 0 saturated heterocycles. The molecule has 23 heavy (non-hydrogen) atoms. The molecule has 4 nitrogen and oxygen atoms in total. The number of nitrogens with zero attached hydrogens (tertiary/aromatic N) is 1. The lowest BCUT2D eigenvalue weighted by molar-refractivity contribution is -0.115. The topological polar surface area (TPSA) is 41.6 Å². The minimum absolute atomic E-state index is 0.0301. The van der Waals surface area contributed by atoms with Gasteiger partial charge in [0.15, 0.2) is 0 Å². The standard InChI is InChI=1S/C19H22N2O2/c1-13-8-9-18(23-3)16(10-13)20-19(22)12-21-14(2)11-15-6-4-5-7-17(15)21/h4-10,14H,11-12H2,1-3H3,(H,20,22). The number of methoxy groups -OCH3 is 1. The Bertz CT molecular complexity index is 727. The highest BCUT2D eigenvalue weighted by molar-refractivity contribution is 5.95. The largest absolute Gasteiger partial charge is 0.495 e. The molecule has 1 aliphatic heterocycles. The van der Waals surface area contributed by atoms with Gasteiger partial charge < -0.3 is 15.0 Å². The van der Waals surface area contributed by atoms with Gasteiger partial charge in [0.05, 0.1) is 19.3 Å². The SMILES string of the molecule is COc1ccc(C)cc1NC(=O)CN1c2ccccc2CC1C. The number of fused-ring (bicyclic) bond motifs is 1. The summed E-state index contributed by atoms with van der Waals surface area (Å²) in [5.41, 5.74) is 4.27. The zero-order valence-electron chi connectivity index (χ0n) is 13.8. The van der Waals surface area contributed by atoms with E-state index < -0.39 is 0 Å². The normalized spacial score (nSPS) is 16.1. The smallest absolute Gasteiger partial charge is 0.244 e. The predicted octanol–water partition coefficient (Wildman–Crippen LogP) is 3.39. The van der Waals surface area contributed by atoms with Crippen LogP contribution in [0.4, 0.5) is 11.4 Å². The molecule has 0 bridgehead atoms. The van der Waals surface area contributed by atoms with Gasteiger partial charge >= 0.3 is 0 Å². The highest BCUT2D eigenvalue weighted by Crippen LogP contribution is 2.31. The second kappa shape index (κ2) is 6.32. The Morgan fingerprint density at radius 3 is 2.87 bits per heavy atom. The van der Waals surface area contributed by atoms with Gasteiger partial charge in [-0.05, 0) is 49.6 Å². The summed E-state index contributed by atoms with van der Waals surface area (Å²) in [6, 6.07) is 14.4. The van der Waals surface area contributed by atoms with Crippen LogP contribution in [0.2, 0.25) is 0 Å². The van der Waals surface area contributed by atoms with Crippen molar-refractivity contribution in [3.05, 3.63) is 53.6 Å². The zero-order valence-corrected chi connectivity index (χ0v) is 13.8. The number of carbonyl (C=O) groups excluding carboxylic acids is 1. The van der Waals surface area contributed by atoms with Crippen LogP contribution in [0.15, 0.2) is 42.5 Å². The van der Waals surface area contributed by atoms with E-state index in [2.05, 4.69) is 29.3 Å². The van der Waals surface area contributed by atoms with E-state index in [4.69, 9.17) is 4.74 Å². The van der Waals surface area contributed by atoms with Crippen molar-refractivity contribution in [3.63, 3.8) is 0 Å². The van der Waals surface area contributed by atoms with Crippen molar-refractivity contribution < 1.29 is 9.53 Å². The van der Waals surface area contributed by atoms with Crippen LogP contribution in [0.25, 0.3) is 0 Å². The van der Waals surface area contributed by atoms with Crippen molar-refractivity contribution in [1.29, 1.82) is 0 Å². The number of amides is 1. The monoisotopic (exact) mass is 310 g/mol. The van der Waals surface area contributed by atoms with E-state index in [9.17, 15) is 4.79 Å². The lowest BCUT2D eigenvalue weighted by Gasteiger charge is -2.24. The van der Waals surface area contributed by atoms with Crippen LogP contribution in [0, 0.1) is 6.92 Å². The van der Waals surface area contributed by atoms with Gasteiger partial charge in [-0.15, -0.1) is 0 Å². The molecule has 2 aromatic carbocycles. The van der Waals surface area contributed by atoms with Crippen molar-refractivity contribution >= 4 is 17.3 Å². The summed E-state index contributed by atoms with van der Waals surface area (Å²) in [6.45, 7) is 4.49. The lowest BCUT2D eigenvalue weighted by atomic mass is 10.1. The molecule has 1 aliphatic rings. The van der Waals surface area contributed by atoms with Crippen molar-refractivity contribution in [3.8, 4) is 5.75 Å². The number of benzene rings is 2. The Hall–Kier alpha value is -2.49. The van der Waals surface area contributed by atoms with Gasteiger partial charge in [0, 0.05) is 11.7 Å². The molecule has 0 saturated carbocycles. The first kappa shape index (κ1) is 15.4.